The summed E-state index contributed by atoms with van der Waals surface area (Å²) in [6.07, 6.45) is 5.54. The number of hydrogen-bond donors (Lipinski definition) is 1. The Morgan fingerprint density at radius 1 is 1.07 bits per heavy atom. The summed E-state index contributed by atoms with van der Waals surface area (Å²) in [6, 6.07) is 0. The van der Waals surface area contributed by atoms with E-state index in [2.05, 4.69) is 13.8 Å². The summed E-state index contributed by atoms with van der Waals surface area (Å²) in [5, 5.41) is 8.23. The standard InChI is InChI=1S/C6H14.C5H11NO2.ClH/c1-3-5-6-4-2;1-6(2,3)4-5(7)8;/h3-6H2,1-2H3;4H2,1-3H3;1H. The van der Waals surface area contributed by atoms with E-state index in [1.807, 2.05) is 21.1 Å². The quantitative estimate of drug-likeness (QED) is 0.513. The lowest BCUT2D eigenvalue weighted by Gasteiger charge is -2.20. The third kappa shape index (κ3) is 31.6. The van der Waals surface area contributed by atoms with Gasteiger partial charge in [-0.2, -0.15) is 0 Å². The summed E-state index contributed by atoms with van der Waals surface area (Å²) in [4.78, 5) is 10.00. The maximum absolute atomic E-state index is 10.00. The zero-order valence-corrected chi connectivity index (χ0v) is 11.5. The van der Waals surface area contributed by atoms with Gasteiger partial charge in [-0.1, -0.05) is 39.5 Å². The zero-order chi connectivity index (χ0) is 11.6. The van der Waals surface area contributed by atoms with Crippen LogP contribution in [0.4, 0.5) is 0 Å². The minimum atomic E-state index is -0.752. The van der Waals surface area contributed by atoms with Crippen LogP contribution in [0.1, 0.15) is 39.5 Å². The summed E-state index contributed by atoms with van der Waals surface area (Å²) in [5.41, 5.74) is 0. The van der Waals surface area contributed by atoms with E-state index in [0.29, 0.717) is 4.48 Å². The molecule has 1 N–H and O–H groups in total. The van der Waals surface area contributed by atoms with Gasteiger partial charge < -0.3 is 22.0 Å². The molecule has 0 aromatic carbocycles. The van der Waals surface area contributed by atoms with E-state index in [4.69, 9.17) is 5.11 Å². The monoisotopic (exact) mass is 239 g/mol. The maximum atomic E-state index is 10.00. The third-order valence-electron chi connectivity index (χ3n) is 1.57. The largest absolute Gasteiger partial charge is 1.00 e. The van der Waals surface area contributed by atoms with Crippen molar-refractivity contribution in [3.63, 3.8) is 0 Å². The highest BCUT2D eigenvalue weighted by atomic mass is 35.5. The smallest absolute Gasteiger partial charge is 0.359 e. The number of unbranched alkanes of at least 4 members (excludes halogenated alkanes) is 3. The number of nitrogens with zero attached hydrogens (tertiary/aromatic N) is 1. The molecule has 0 rings (SSSR count). The molecule has 0 fully saturated rings. The molecular formula is C11H26ClNO2. The van der Waals surface area contributed by atoms with E-state index in [1.54, 1.807) is 0 Å². The molecule has 3 nitrogen and oxygen atoms in total. The number of halogens is 1. The van der Waals surface area contributed by atoms with Crippen LogP contribution in [0.2, 0.25) is 0 Å². The fourth-order valence-corrected chi connectivity index (χ4v) is 0.906. The number of rotatable bonds is 5. The van der Waals surface area contributed by atoms with Crippen LogP contribution >= 0.6 is 0 Å². The van der Waals surface area contributed by atoms with Gasteiger partial charge in [-0.15, -0.1) is 0 Å². The topological polar surface area (TPSA) is 37.3 Å². The van der Waals surface area contributed by atoms with Gasteiger partial charge in [0.2, 0.25) is 0 Å². The average molecular weight is 240 g/mol. The lowest BCUT2D eigenvalue weighted by atomic mass is 10.2. The predicted molar refractivity (Wildman–Crippen MR) is 60.4 cm³/mol. The summed E-state index contributed by atoms with van der Waals surface area (Å²) < 4.78 is 0.481. The third-order valence-corrected chi connectivity index (χ3v) is 1.57. The van der Waals surface area contributed by atoms with Crippen molar-refractivity contribution in [1.29, 1.82) is 0 Å². The van der Waals surface area contributed by atoms with E-state index in [1.165, 1.54) is 25.7 Å². The molecule has 0 aromatic heterocycles. The molecule has 0 aliphatic carbocycles. The Morgan fingerprint density at radius 2 is 1.40 bits per heavy atom. The molecule has 4 heteroatoms. The molecule has 94 valence electrons. The highest BCUT2D eigenvalue weighted by Crippen LogP contribution is 1.95. The summed E-state index contributed by atoms with van der Waals surface area (Å²) in [7, 11) is 5.52. The number of quaternary nitrogens is 1. The fourth-order valence-electron chi connectivity index (χ4n) is 0.906. The van der Waals surface area contributed by atoms with Crippen LogP contribution in [-0.4, -0.2) is 43.2 Å². The summed E-state index contributed by atoms with van der Waals surface area (Å²) in [6.45, 7) is 4.64. The second-order valence-electron chi connectivity index (χ2n) is 4.55. The Bertz CT molecular complexity index is 140. The second kappa shape index (κ2) is 11.8. The van der Waals surface area contributed by atoms with Crippen molar-refractivity contribution >= 4 is 5.97 Å². The highest BCUT2D eigenvalue weighted by molar-refractivity contribution is 5.67. The number of carboxylic acid groups (broad SMARTS) is 1. The molecule has 0 saturated heterocycles. The molecule has 0 atom stereocenters. The van der Waals surface area contributed by atoms with Crippen LogP contribution in [0.25, 0.3) is 0 Å². The van der Waals surface area contributed by atoms with Crippen LogP contribution in [0, 0.1) is 0 Å². The van der Waals surface area contributed by atoms with E-state index in [-0.39, 0.29) is 19.0 Å². The van der Waals surface area contributed by atoms with Crippen molar-refractivity contribution in [2.24, 2.45) is 0 Å². The first kappa shape index (κ1) is 20.2. The van der Waals surface area contributed by atoms with Gasteiger partial charge in [0, 0.05) is 0 Å². The molecule has 15 heavy (non-hydrogen) atoms. The Hall–Kier alpha value is -0.280. The minimum Gasteiger partial charge on any atom is -1.00 e. The predicted octanol–water partition coefficient (Wildman–Crippen LogP) is -0.632. The van der Waals surface area contributed by atoms with Gasteiger partial charge in [0.1, 0.15) is 0 Å². The van der Waals surface area contributed by atoms with Gasteiger partial charge in [0.25, 0.3) is 0 Å². The maximum Gasteiger partial charge on any atom is 0.359 e. The van der Waals surface area contributed by atoms with Gasteiger partial charge in [0.15, 0.2) is 6.54 Å². The molecule has 0 amide bonds. The Kier molecular flexibility index (Phi) is 15.9. The van der Waals surface area contributed by atoms with Crippen molar-refractivity contribution in [3.05, 3.63) is 0 Å². The van der Waals surface area contributed by atoms with E-state index in [9.17, 15) is 4.79 Å². The van der Waals surface area contributed by atoms with Crippen molar-refractivity contribution in [1.82, 2.24) is 0 Å². The lowest BCUT2D eigenvalue weighted by Crippen LogP contribution is -3.00. The van der Waals surface area contributed by atoms with Crippen LogP contribution in [0.5, 0.6) is 0 Å². The van der Waals surface area contributed by atoms with Crippen LogP contribution < -0.4 is 12.4 Å². The zero-order valence-electron chi connectivity index (χ0n) is 10.7. The molecular weight excluding hydrogens is 214 g/mol. The molecule has 0 aromatic rings. The normalized spacial score (nSPS) is 9.67. The lowest BCUT2D eigenvalue weighted by molar-refractivity contribution is -0.862. The summed E-state index contributed by atoms with van der Waals surface area (Å²) in [5.74, 6) is -0.752. The van der Waals surface area contributed by atoms with Crippen molar-refractivity contribution in [3.8, 4) is 0 Å². The second-order valence-corrected chi connectivity index (χ2v) is 4.55. The Labute approximate surface area is 100 Å². The van der Waals surface area contributed by atoms with Crippen molar-refractivity contribution < 1.29 is 26.8 Å². The number of likely N-dealkylation sites (N-methyl/N-ethyl adjacent to an activating group) is 1. The molecule has 0 aliphatic rings. The SMILES string of the molecule is CCCCCC.C[N+](C)(C)CC(=O)O.[Cl-]. The van der Waals surface area contributed by atoms with Crippen molar-refractivity contribution in [2.45, 2.75) is 39.5 Å². The molecule has 0 heterocycles. The average Bonchev–Trinajstić information content (AvgIpc) is 1.97. The van der Waals surface area contributed by atoms with Crippen LogP contribution in [0.15, 0.2) is 0 Å². The molecule has 0 aliphatic heterocycles. The highest BCUT2D eigenvalue weighted by Gasteiger charge is 2.11. The number of carbonyl (C=O) groups is 1. The van der Waals surface area contributed by atoms with Gasteiger partial charge in [-0.25, -0.2) is 4.79 Å². The minimum absolute atomic E-state index is 0. The molecule has 0 bridgehead atoms. The number of carboxylic acids is 1. The van der Waals surface area contributed by atoms with Crippen LogP contribution in [0.3, 0.4) is 0 Å². The number of aliphatic carboxylic acids is 1. The summed E-state index contributed by atoms with van der Waals surface area (Å²) >= 11 is 0. The van der Waals surface area contributed by atoms with Crippen LogP contribution in [-0.2, 0) is 4.79 Å². The van der Waals surface area contributed by atoms with Gasteiger partial charge in [0.05, 0.1) is 21.1 Å². The van der Waals surface area contributed by atoms with Crippen molar-refractivity contribution in [2.75, 3.05) is 27.7 Å². The molecule has 0 saturated carbocycles. The first-order valence-corrected chi connectivity index (χ1v) is 5.35. The number of hydrogen-bond acceptors (Lipinski definition) is 1. The fraction of sp³-hybridized carbons (Fsp3) is 0.909. The van der Waals surface area contributed by atoms with Gasteiger partial charge in [-0.3, -0.25) is 0 Å². The molecule has 0 radical (unpaired) electrons. The molecule has 0 spiro atoms. The first-order chi connectivity index (χ1) is 6.33. The Morgan fingerprint density at radius 3 is 1.47 bits per heavy atom. The van der Waals surface area contributed by atoms with Gasteiger partial charge in [-0.05, 0) is 0 Å². The Balaban J connectivity index is -0.000000187. The first-order valence-electron chi connectivity index (χ1n) is 5.35. The van der Waals surface area contributed by atoms with E-state index >= 15 is 0 Å². The van der Waals surface area contributed by atoms with E-state index in [0.717, 1.165) is 0 Å². The molecule has 0 unspecified atom stereocenters. The van der Waals surface area contributed by atoms with Gasteiger partial charge >= 0.3 is 5.97 Å². The van der Waals surface area contributed by atoms with E-state index < -0.39 is 5.97 Å².